The minimum absolute atomic E-state index is 0.0230. The second-order valence-electron chi connectivity index (χ2n) is 9.04. The van der Waals surface area contributed by atoms with E-state index in [9.17, 15) is 18.0 Å². The zero-order valence-corrected chi connectivity index (χ0v) is 25.7. The van der Waals surface area contributed by atoms with Crippen LogP contribution in [0.2, 0.25) is 10.0 Å². The highest BCUT2D eigenvalue weighted by Gasteiger charge is 2.32. The molecule has 0 aliphatic carbocycles. The van der Waals surface area contributed by atoms with Gasteiger partial charge in [-0.05, 0) is 74.4 Å². The number of hydrogen-bond acceptors (Lipinski definition) is 4. The summed E-state index contributed by atoms with van der Waals surface area (Å²) in [5, 5.41) is 3.48. The first-order chi connectivity index (χ1) is 18.4. The molecule has 1 atom stereocenters. The second kappa shape index (κ2) is 13.7. The van der Waals surface area contributed by atoms with E-state index < -0.39 is 28.5 Å². The van der Waals surface area contributed by atoms with Crippen molar-refractivity contribution < 1.29 is 18.0 Å². The third-order valence-corrected chi connectivity index (χ3v) is 9.11. The molecular formula is C28H30BrCl2N3O4S. The Labute approximate surface area is 248 Å². The summed E-state index contributed by atoms with van der Waals surface area (Å²) >= 11 is 15.6. The SMILES string of the molecule is CCCNC(=O)[C@@H](C)N(Cc1ccc(Cl)c(Cl)c1)C(=O)CN(c1ccc(Br)cc1)S(=O)(=O)c1ccc(C)cc1. The van der Waals surface area contributed by atoms with Gasteiger partial charge >= 0.3 is 0 Å². The normalized spacial score (nSPS) is 12.1. The van der Waals surface area contributed by atoms with Crippen LogP contribution >= 0.6 is 39.1 Å². The van der Waals surface area contributed by atoms with E-state index in [1.54, 1.807) is 61.5 Å². The lowest BCUT2D eigenvalue weighted by atomic mass is 10.1. The fourth-order valence-electron chi connectivity index (χ4n) is 3.79. The van der Waals surface area contributed by atoms with Crippen molar-refractivity contribution in [2.24, 2.45) is 0 Å². The Morgan fingerprint density at radius 2 is 1.62 bits per heavy atom. The van der Waals surface area contributed by atoms with Crippen molar-refractivity contribution >= 4 is 66.7 Å². The van der Waals surface area contributed by atoms with Crippen LogP contribution in [-0.2, 0) is 26.2 Å². The summed E-state index contributed by atoms with van der Waals surface area (Å²) in [6.07, 6.45) is 0.728. The number of nitrogens with one attached hydrogen (secondary N) is 1. The minimum atomic E-state index is -4.13. The van der Waals surface area contributed by atoms with Crippen molar-refractivity contribution in [2.45, 2.75) is 44.7 Å². The monoisotopic (exact) mass is 653 g/mol. The van der Waals surface area contributed by atoms with Crippen molar-refractivity contribution in [2.75, 3.05) is 17.4 Å². The largest absolute Gasteiger partial charge is 0.354 e. The molecule has 3 aromatic carbocycles. The van der Waals surface area contributed by atoms with Crippen LogP contribution in [0.25, 0.3) is 0 Å². The Hall–Kier alpha value is -2.59. The van der Waals surface area contributed by atoms with Gasteiger partial charge in [0.1, 0.15) is 12.6 Å². The van der Waals surface area contributed by atoms with Gasteiger partial charge in [-0.2, -0.15) is 0 Å². The highest BCUT2D eigenvalue weighted by atomic mass is 79.9. The molecule has 3 rings (SSSR count). The zero-order valence-electron chi connectivity index (χ0n) is 21.8. The van der Waals surface area contributed by atoms with Crippen LogP contribution < -0.4 is 9.62 Å². The fraction of sp³-hybridized carbons (Fsp3) is 0.286. The lowest BCUT2D eigenvalue weighted by molar-refractivity contribution is -0.139. The van der Waals surface area contributed by atoms with E-state index in [0.717, 1.165) is 20.8 Å². The van der Waals surface area contributed by atoms with Crippen LogP contribution in [-0.4, -0.2) is 44.3 Å². The van der Waals surface area contributed by atoms with Crippen LogP contribution in [0.15, 0.2) is 76.1 Å². The van der Waals surface area contributed by atoms with Gasteiger partial charge in [0.05, 0.1) is 20.6 Å². The minimum Gasteiger partial charge on any atom is -0.354 e. The standard InChI is InChI=1S/C28H30BrCl2N3O4S/c1-4-15-32-28(36)20(3)33(17-21-7-14-25(30)26(31)16-21)27(35)18-34(23-10-8-22(29)9-11-23)39(37,38)24-12-5-19(2)6-13-24/h5-14,16,20H,4,15,17-18H2,1-3H3,(H,32,36)/t20-/m1/s1. The number of sulfonamides is 1. The number of carbonyl (C=O) groups excluding carboxylic acids is 2. The van der Waals surface area contributed by atoms with Crippen molar-refractivity contribution in [1.29, 1.82) is 0 Å². The van der Waals surface area contributed by atoms with Crippen molar-refractivity contribution in [3.63, 3.8) is 0 Å². The molecule has 0 radical (unpaired) electrons. The van der Waals surface area contributed by atoms with Crippen LogP contribution in [0, 0.1) is 6.92 Å². The first kappa shape index (κ1) is 30.9. The molecule has 0 spiro atoms. The molecule has 0 unspecified atom stereocenters. The summed E-state index contributed by atoms with van der Waals surface area (Å²) in [7, 11) is -4.13. The second-order valence-corrected chi connectivity index (χ2v) is 12.6. The van der Waals surface area contributed by atoms with Gasteiger partial charge in [-0.3, -0.25) is 13.9 Å². The van der Waals surface area contributed by atoms with E-state index in [2.05, 4.69) is 21.2 Å². The van der Waals surface area contributed by atoms with Crippen molar-refractivity contribution in [1.82, 2.24) is 10.2 Å². The van der Waals surface area contributed by atoms with Crippen LogP contribution in [0.3, 0.4) is 0 Å². The average Bonchev–Trinajstić information content (AvgIpc) is 2.91. The van der Waals surface area contributed by atoms with E-state index >= 15 is 0 Å². The smallest absolute Gasteiger partial charge is 0.264 e. The molecule has 208 valence electrons. The average molecular weight is 655 g/mol. The molecule has 2 amide bonds. The Morgan fingerprint density at radius 3 is 2.21 bits per heavy atom. The van der Waals surface area contributed by atoms with Crippen molar-refractivity contribution in [3.8, 4) is 0 Å². The van der Waals surface area contributed by atoms with E-state index in [1.165, 1.54) is 17.0 Å². The number of carbonyl (C=O) groups is 2. The summed E-state index contributed by atoms with van der Waals surface area (Å²) in [6, 6.07) is 17.1. The molecule has 0 fully saturated rings. The predicted molar refractivity (Wildman–Crippen MR) is 160 cm³/mol. The maximum absolute atomic E-state index is 13.9. The molecular weight excluding hydrogens is 625 g/mol. The maximum atomic E-state index is 13.9. The Kier molecular flexibility index (Phi) is 10.8. The van der Waals surface area contributed by atoms with Gasteiger partial charge in [0.15, 0.2) is 0 Å². The molecule has 0 bridgehead atoms. The number of rotatable bonds is 11. The lowest BCUT2D eigenvalue weighted by Crippen LogP contribution is -2.51. The molecule has 11 heteroatoms. The summed E-state index contributed by atoms with van der Waals surface area (Å²) in [6.45, 7) is 5.34. The Morgan fingerprint density at radius 1 is 0.974 bits per heavy atom. The highest BCUT2D eigenvalue weighted by molar-refractivity contribution is 9.10. The molecule has 0 saturated heterocycles. The van der Waals surface area contributed by atoms with Crippen molar-refractivity contribution in [3.05, 3.63) is 92.4 Å². The van der Waals surface area contributed by atoms with Gasteiger partial charge < -0.3 is 10.2 Å². The first-order valence-electron chi connectivity index (χ1n) is 12.3. The van der Waals surface area contributed by atoms with Gasteiger partial charge in [-0.15, -0.1) is 0 Å². The molecule has 0 aromatic heterocycles. The summed E-state index contributed by atoms with van der Waals surface area (Å²) < 4.78 is 29.4. The molecule has 1 N–H and O–H groups in total. The third-order valence-electron chi connectivity index (χ3n) is 6.06. The summed E-state index contributed by atoms with van der Waals surface area (Å²) in [5.74, 6) is -0.902. The van der Waals surface area contributed by atoms with E-state index in [1.807, 2.05) is 13.8 Å². The molecule has 0 aliphatic rings. The number of halogens is 3. The topological polar surface area (TPSA) is 86.8 Å². The van der Waals surface area contributed by atoms with Crippen LogP contribution in [0.4, 0.5) is 5.69 Å². The Bertz CT molecular complexity index is 1420. The zero-order chi connectivity index (χ0) is 28.7. The predicted octanol–water partition coefficient (Wildman–Crippen LogP) is 6.20. The van der Waals surface area contributed by atoms with Gasteiger partial charge in [0.25, 0.3) is 10.0 Å². The quantitative estimate of drug-likeness (QED) is 0.267. The Balaban J connectivity index is 2.02. The molecule has 0 saturated carbocycles. The number of anilines is 1. The molecule has 7 nitrogen and oxygen atoms in total. The van der Waals surface area contributed by atoms with Gasteiger partial charge in [-0.25, -0.2) is 8.42 Å². The van der Waals surface area contributed by atoms with Crippen LogP contribution in [0.1, 0.15) is 31.4 Å². The fourth-order valence-corrected chi connectivity index (χ4v) is 5.79. The summed E-state index contributed by atoms with van der Waals surface area (Å²) in [4.78, 5) is 28.2. The highest BCUT2D eigenvalue weighted by Crippen LogP contribution is 2.27. The molecule has 0 aliphatic heterocycles. The number of aryl methyl sites for hydroxylation is 1. The third kappa shape index (κ3) is 7.97. The first-order valence-corrected chi connectivity index (χ1v) is 15.3. The van der Waals surface area contributed by atoms with Gasteiger partial charge in [0.2, 0.25) is 11.8 Å². The van der Waals surface area contributed by atoms with E-state index in [0.29, 0.717) is 27.8 Å². The van der Waals surface area contributed by atoms with E-state index in [-0.39, 0.29) is 17.3 Å². The number of amides is 2. The molecule has 0 heterocycles. The number of hydrogen-bond donors (Lipinski definition) is 1. The number of nitrogens with zero attached hydrogens (tertiary/aromatic N) is 2. The molecule has 3 aromatic rings. The lowest BCUT2D eigenvalue weighted by Gasteiger charge is -2.32. The van der Waals surface area contributed by atoms with Gasteiger partial charge in [0, 0.05) is 17.6 Å². The molecule has 39 heavy (non-hydrogen) atoms. The maximum Gasteiger partial charge on any atom is 0.264 e. The summed E-state index contributed by atoms with van der Waals surface area (Å²) in [5.41, 5.74) is 1.86. The number of benzene rings is 3. The van der Waals surface area contributed by atoms with Crippen LogP contribution in [0.5, 0.6) is 0 Å². The van der Waals surface area contributed by atoms with Gasteiger partial charge in [-0.1, -0.05) is 69.8 Å². The van der Waals surface area contributed by atoms with E-state index in [4.69, 9.17) is 23.2 Å².